The Labute approximate surface area is 117 Å². The Morgan fingerprint density at radius 1 is 1.42 bits per heavy atom. The number of methoxy groups -OCH3 is 1. The molecule has 1 aromatic rings. The van der Waals surface area contributed by atoms with E-state index in [4.69, 9.17) is 4.74 Å². The van der Waals surface area contributed by atoms with Crippen LogP contribution in [0.15, 0.2) is 6.20 Å². The van der Waals surface area contributed by atoms with E-state index in [0.29, 0.717) is 5.92 Å². The summed E-state index contributed by atoms with van der Waals surface area (Å²) in [5.74, 6) is 1.47. The lowest BCUT2D eigenvalue weighted by atomic mass is 10.0. The molecule has 0 radical (unpaired) electrons. The van der Waals surface area contributed by atoms with E-state index >= 15 is 0 Å². The van der Waals surface area contributed by atoms with Crippen molar-refractivity contribution in [3.63, 3.8) is 0 Å². The molecule has 4 heteroatoms. The van der Waals surface area contributed by atoms with Gasteiger partial charge in [-0.1, -0.05) is 13.8 Å². The molecular weight excluding hydrogens is 238 g/mol. The molecule has 0 aromatic carbocycles. The molecule has 110 valence electrons. The normalized spacial score (nSPS) is 13.6. The van der Waals surface area contributed by atoms with Crippen molar-refractivity contribution in [2.24, 2.45) is 5.92 Å². The third kappa shape index (κ3) is 5.23. The second-order valence-electron chi connectivity index (χ2n) is 6.32. The van der Waals surface area contributed by atoms with Crippen molar-refractivity contribution >= 4 is 0 Å². The highest BCUT2D eigenvalue weighted by Gasteiger charge is 2.16. The lowest BCUT2D eigenvalue weighted by Gasteiger charge is -2.23. The second-order valence-corrected chi connectivity index (χ2v) is 6.32. The van der Waals surface area contributed by atoms with Crippen LogP contribution in [-0.4, -0.2) is 29.0 Å². The molecule has 0 aliphatic rings. The van der Waals surface area contributed by atoms with Gasteiger partial charge >= 0.3 is 0 Å². The first-order valence-electron chi connectivity index (χ1n) is 7.21. The van der Waals surface area contributed by atoms with Gasteiger partial charge in [0.25, 0.3) is 0 Å². The molecule has 0 spiro atoms. The molecule has 0 saturated carbocycles. The van der Waals surface area contributed by atoms with E-state index in [2.05, 4.69) is 49.7 Å². The van der Waals surface area contributed by atoms with Crippen LogP contribution in [0.25, 0.3) is 0 Å². The van der Waals surface area contributed by atoms with Gasteiger partial charge in [0.1, 0.15) is 0 Å². The molecule has 0 fully saturated rings. The molecule has 1 unspecified atom stereocenters. The fourth-order valence-electron chi connectivity index (χ4n) is 2.06. The molecule has 1 N–H and O–H groups in total. The minimum atomic E-state index is 0.169. The van der Waals surface area contributed by atoms with Crippen molar-refractivity contribution < 1.29 is 4.74 Å². The molecule has 1 heterocycles. The summed E-state index contributed by atoms with van der Waals surface area (Å²) in [5, 5.41) is 7.96. The molecule has 1 rings (SSSR count). The Hall–Kier alpha value is -1.03. The highest BCUT2D eigenvalue weighted by Crippen LogP contribution is 2.21. The molecule has 1 aromatic heterocycles. The fraction of sp³-hybridized carbons (Fsp3) is 0.800. The summed E-state index contributed by atoms with van der Waals surface area (Å²) in [4.78, 5) is 0. The van der Waals surface area contributed by atoms with E-state index in [1.165, 1.54) is 5.69 Å². The first kappa shape index (κ1) is 16.0. The number of hydrogen-bond donors (Lipinski definition) is 1. The van der Waals surface area contributed by atoms with Gasteiger partial charge in [-0.3, -0.25) is 4.68 Å². The van der Waals surface area contributed by atoms with E-state index in [1.807, 2.05) is 6.20 Å². The quantitative estimate of drug-likeness (QED) is 0.825. The minimum absolute atomic E-state index is 0.169. The zero-order valence-electron chi connectivity index (χ0n) is 13.3. The molecule has 1 atom stereocenters. The van der Waals surface area contributed by atoms with Crippen LogP contribution in [0.3, 0.4) is 0 Å². The van der Waals surface area contributed by atoms with E-state index in [-0.39, 0.29) is 5.54 Å². The summed E-state index contributed by atoms with van der Waals surface area (Å²) in [6, 6.07) is 0. The number of rotatable bonds is 7. The topological polar surface area (TPSA) is 39.1 Å². The molecular formula is C15H29N3O. The van der Waals surface area contributed by atoms with Gasteiger partial charge in [-0.25, -0.2) is 0 Å². The molecule has 0 aliphatic carbocycles. The Balaban J connectivity index is 2.66. The molecule has 0 amide bonds. The fourth-order valence-corrected chi connectivity index (χ4v) is 2.06. The van der Waals surface area contributed by atoms with Gasteiger partial charge in [-0.05, 0) is 46.1 Å². The van der Waals surface area contributed by atoms with Crippen LogP contribution in [0.1, 0.15) is 46.7 Å². The number of nitrogens with one attached hydrogen (secondary N) is 1. The molecule has 0 bridgehead atoms. The number of aromatic nitrogens is 2. The summed E-state index contributed by atoms with van der Waals surface area (Å²) >= 11 is 0. The zero-order valence-corrected chi connectivity index (χ0v) is 13.3. The summed E-state index contributed by atoms with van der Waals surface area (Å²) in [7, 11) is 1.72. The minimum Gasteiger partial charge on any atom is -0.493 e. The van der Waals surface area contributed by atoms with E-state index in [9.17, 15) is 0 Å². The van der Waals surface area contributed by atoms with Crippen molar-refractivity contribution in [3.8, 4) is 5.75 Å². The Kier molecular flexibility index (Phi) is 5.85. The predicted molar refractivity (Wildman–Crippen MR) is 79.7 cm³/mol. The van der Waals surface area contributed by atoms with Gasteiger partial charge in [0.15, 0.2) is 5.75 Å². The second kappa shape index (κ2) is 6.94. The predicted octanol–water partition coefficient (Wildman–Crippen LogP) is 2.87. The number of ether oxygens (including phenoxy) is 1. The van der Waals surface area contributed by atoms with E-state index in [1.54, 1.807) is 7.11 Å². The third-order valence-electron chi connectivity index (χ3n) is 3.09. The molecule has 0 saturated heterocycles. The first-order chi connectivity index (χ1) is 8.87. The monoisotopic (exact) mass is 267 g/mol. The Morgan fingerprint density at radius 2 is 2.11 bits per heavy atom. The number of nitrogens with zero attached hydrogens (tertiary/aromatic N) is 2. The van der Waals surface area contributed by atoms with Gasteiger partial charge in [-0.15, -0.1) is 0 Å². The van der Waals surface area contributed by atoms with E-state index < -0.39 is 0 Å². The van der Waals surface area contributed by atoms with Crippen LogP contribution in [0, 0.1) is 5.92 Å². The highest BCUT2D eigenvalue weighted by molar-refractivity contribution is 5.25. The standard InChI is InChI=1S/C15H29N3O/c1-7-8-18-13(14(19-6)11-17-18)9-12(2)10-16-15(3,4)5/h11-12,16H,7-10H2,1-6H3. The summed E-state index contributed by atoms with van der Waals surface area (Å²) in [6.45, 7) is 13.0. The lowest BCUT2D eigenvalue weighted by molar-refractivity contribution is 0.368. The van der Waals surface area contributed by atoms with Crippen molar-refractivity contribution in [2.75, 3.05) is 13.7 Å². The summed E-state index contributed by atoms with van der Waals surface area (Å²) < 4.78 is 7.49. The van der Waals surface area contributed by atoms with Crippen LogP contribution in [-0.2, 0) is 13.0 Å². The summed E-state index contributed by atoms with van der Waals surface area (Å²) in [5.41, 5.74) is 1.38. The van der Waals surface area contributed by atoms with Crippen molar-refractivity contribution in [3.05, 3.63) is 11.9 Å². The van der Waals surface area contributed by atoms with E-state index in [0.717, 1.165) is 31.7 Å². The van der Waals surface area contributed by atoms with Crippen LogP contribution >= 0.6 is 0 Å². The smallest absolute Gasteiger partial charge is 0.159 e. The number of hydrogen-bond acceptors (Lipinski definition) is 3. The third-order valence-corrected chi connectivity index (χ3v) is 3.09. The van der Waals surface area contributed by atoms with Gasteiger partial charge in [0, 0.05) is 12.1 Å². The van der Waals surface area contributed by atoms with Gasteiger partial charge in [0.05, 0.1) is 19.0 Å². The molecule has 0 aliphatic heterocycles. The maximum atomic E-state index is 5.41. The SMILES string of the molecule is CCCn1ncc(OC)c1CC(C)CNC(C)(C)C. The van der Waals surface area contributed by atoms with Crippen molar-refractivity contribution in [2.45, 2.75) is 59.5 Å². The van der Waals surface area contributed by atoms with Crippen LogP contribution in [0.2, 0.25) is 0 Å². The largest absolute Gasteiger partial charge is 0.493 e. The van der Waals surface area contributed by atoms with Crippen LogP contribution < -0.4 is 10.1 Å². The van der Waals surface area contributed by atoms with Gasteiger partial charge in [-0.2, -0.15) is 5.10 Å². The maximum absolute atomic E-state index is 5.41. The maximum Gasteiger partial charge on any atom is 0.159 e. The zero-order chi connectivity index (χ0) is 14.5. The first-order valence-corrected chi connectivity index (χ1v) is 7.21. The molecule has 19 heavy (non-hydrogen) atoms. The van der Waals surface area contributed by atoms with Crippen LogP contribution in [0.5, 0.6) is 5.75 Å². The van der Waals surface area contributed by atoms with Crippen molar-refractivity contribution in [1.29, 1.82) is 0 Å². The number of aryl methyl sites for hydroxylation is 1. The van der Waals surface area contributed by atoms with Gasteiger partial charge in [0.2, 0.25) is 0 Å². The van der Waals surface area contributed by atoms with Crippen molar-refractivity contribution in [1.82, 2.24) is 15.1 Å². The Bertz CT molecular complexity index is 379. The Morgan fingerprint density at radius 3 is 2.63 bits per heavy atom. The van der Waals surface area contributed by atoms with Gasteiger partial charge < -0.3 is 10.1 Å². The summed E-state index contributed by atoms with van der Waals surface area (Å²) in [6.07, 6.45) is 3.91. The molecule has 4 nitrogen and oxygen atoms in total. The average molecular weight is 267 g/mol. The average Bonchev–Trinajstić information content (AvgIpc) is 2.69. The van der Waals surface area contributed by atoms with Crippen LogP contribution in [0.4, 0.5) is 0 Å². The lowest BCUT2D eigenvalue weighted by Crippen LogP contribution is -2.39. The highest BCUT2D eigenvalue weighted by atomic mass is 16.5.